The SMILES string of the molecule is Cc1c(N)cccc1S(=O)C1CCOC2(CCSC2)C1. The van der Waals surface area contributed by atoms with Crippen LogP contribution in [0.15, 0.2) is 23.1 Å². The second-order valence-electron chi connectivity index (χ2n) is 5.72. The fourth-order valence-corrected chi connectivity index (χ4v) is 6.19. The largest absolute Gasteiger partial charge is 0.398 e. The van der Waals surface area contributed by atoms with Gasteiger partial charge in [-0.2, -0.15) is 11.8 Å². The van der Waals surface area contributed by atoms with Gasteiger partial charge in [-0.15, -0.1) is 0 Å². The molecule has 2 aliphatic heterocycles. The van der Waals surface area contributed by atoms with Crippen LogP contribution >= 0.6 is 11.8 Å². The molecule has 0 aliphatic carbocycles. The first-order valence-electron chi connectivity index (χ1n) is 7.09. The molecule has 3 unspecified atom stereocenters. The van der Waals surface area contributed by atoms with E-state index in [9.17, 15) is 4.21 Å². The zero-order chi connectivity index (χ0) is 14.2. The minimum atomic E-state index is -0.983. The first kappa shape index (κ1) is 14.4. The Hall–Kier alpha value is -0.520. The van der Waals surface area contributed by atoms with Crippen LogP contribution in [0.4, 0.5) is 5.69 Å². The van der Waals surface area contributed by atoms with Crippen LogP contribution < -0.4 is 5.73 Å². The highest BCUT2D eigenvalue weighted by atomic mass is 32.2. The maximum atomic E-state index is 12.9. The van der Waals surface area contributed by atoms with Gasteiger partial charge in [0.15, 0.2) is 0 Å². The summed E-state index contributed by atoms with van der Waals surface area (Å²) in [5.41, 5.74) is 7.62. The van der Waals surface area contributed by atoms with Crippen LogP contribution in [0, 0.1) is 6.92 Å². The van der Waals surface area contributed by atoms with Gasteiger partial charge < -0.3 is 10.5 Å². The molecule has 1 aromatic rings. The van der Waals surface area contributed by atoms with Gasteiger partial charge in [-0.3, -0.25) is 4.21 Å². The zero-order valence-corrected chi connectivity index (χ0v) is 13.4. The van der Waals surface area contributed by atoms with Crippen molar-refractivity contribution in [2.24, 2.45) is 0 Å². The van der Waals surface area contributed by atoms with Crippen molar-refractivity contribution >= 4 is 28.2 Å². The van der Waals surface area contributed by atoms with Gasteiger partial charge in [0.05, 0.1) is 16.4 Å². The smallest absolute Gasteiger partial charge is 0.0791 e. The van der Waals surface area contributed by atoms with Crippen LogP contribution in [0.1, 0.15) is 24.8 Å². The molecule has 0 saturated carbocycles. The summed E-state index contributed by atoms with van der Waals surface area (Å²) in [5.74, 6) is 2.22. The number of thioether (sulfide) groups is 1. The van der Waals surface area contributed by atoms with Crippen molar-refractivity contribution < 1.29 is 8.95 Å². The van der Waals surface area contributed by atoms with Crippen LogP contribution in [0.25, 0.3) is 0 Å². The summed E-state index contributed by atoms with van der Waals surface area (Å²) in [6.45, 7) is 2.70. The molecule has 0 radical (unpaired) electrons. The summed E-state index contributed by atoms with van der Waals surface area (Å²) in [6.07, 6.45) is 2.90. The molecule has 20 heavy (non-hydrogen) atoms. The molecule has 110 valence electrons. The lowest BCUT2D eigenvalue weighted by atomic mass is 9.93. The predicted molar refractivity (Wildman–Crippen MR) is 85.6 cm³/mol. The van der Waals surface area contributed by atoms with Crippen LogP contribution in [0.2, 0.25) is 0 Å². The number of nitrogen functional groups attached to an aromatic ring is 1. The van der Waals surface area contributed by atoms with Gasteiger partial charge in [0.2, 0.25) is 0 Å². The molecule has 3 nitrogen and oxygen atoms in total. The molecular weight excluding hydrogens is 290 g/mol. The molecule has 2 heterocycles. The Morgan fingerprint density at radius 1 is 1.50 bits per heavy atom. The van der Waals surface area contributed by atoms with E-state index in [0.717, 1.165) is 53.5 Å². The predicted octanol–water partition coefficient (Wildman–Crippen LogP) is 2.74. The molecule has 2 aliphatic rings. The normalized spacial score (nSPS) is 31.6. The lowest BCUT2D eigenvalue weighted by Gasteiger charge is -2.37. The Morgan fingerprint density at radius 3 is 3.10 bits per heavy atom. The average Bonchev–Trinajstić information content (AvgIpc) is 2.89. The number of anilines is 1. The molecule has 1 spiro atoms. The summed E-state index contributed by atoms with van der Waals surface area (Å²) < 4.78 is 18.9. The molecule has 2 fully saturated rings. The standard InChI is InChI=1S/C15H21NO2S2/c1-11-13(16)3-2-4-14(11)20(17)12-5-7-18-15(9-12)6-8-19-10-15/h2-4,12H,5-10,16H2,1H3. The molecule has 2 saturated heterocycles. The summed E-state index contributed by atoms with van der Waals surface area (Å²) in [4.78, 5) is 0.901. The molecule has 2 N–H and O–H groups in total. The number of rotatable bonds is 2. The van der Waals surface area contributed by atoms with E-state index in [1.807, 2.05) is 36.9 Å². The van der Waals surface area contributed by atoms with E-state index >= 15 is 0 Å². The molecule has 5 heteroatoms. The minimum absolute atomic E-state index is 0.0164. The molecular formula is C15H21NO2S2. The topological polar surface area (TPSA) is 52.3 Å². The Kier molecular flexibility index (Phi) is 4.11. The van der Waals surface area contributed by atoms with Crippen LogP contribution in [-0.4, -0.2) is 33.2 Å². The van der Waals surface area contributed by atoms with Crippen molar-refractivity contribution in [2.45, 2.75) is 41.9 Å². The second kappa shape index (κ2) is 5.70. The molecule has 0 bridgehead atoms. The lowest BCUT2D eigenvalue weighted by Crippen LogP contribution is -2.43. The van der Waals surface area contributed by atoms with E-state index in [4.69, 9.17) is 10.5 Å². The maximum absolute atomic E-state index is 12.9. The molecule has 3 atom stereocenters. The van der Waals surface area contributed by atoms with E-state index < -0.39 is 10.8 Å². The molecule has 0 aromatic heterocycles. The van der Waals surface area contributed by atoms with Crippen molar-refractivity contribution in [1.82, 2.24) is 0 Å². The highest BCUT2D eigenvalue weighted by Gasteiger charge is 2.42. The third-order valence-corrected chi connectivity index (χ3v) is 7.47. The number of hydrogen-bond acceptors (Lipinski definition) is 4. The van der Waals surface area contributed by atoms with Gasteiger partial charge in [0.25, 0.3) is 0 Å². The number of ether oxygens (including phenoxy) is 1. The fraction of sp³-hybridized carbons (Fsp3) is 0.600. The number of hydrogen-bond donors (Lipinski definition) is 1. The van der Waals surface area contributed by atoms with Crippen molar-refractivity contribution in [3.63, 3.8) is 0 Å². The van der Waals surface area contributed by atoms with Crippen molar-refractivity contribution in [3.8, 4) is 0 Å². The van der Waals surface area contributed by atoms with Crippen molar-refractivity contribution in [2.75, 3.05) is 23.8 Å². The number of benzene rings is 1. The monoisotopic (exact) mass is 311 g/mol. The van der Waals surface area contributed by atoms with Gasteiger partial charge in [0.1, 0.15) is 0 Å². The van der Waals surface area contributed by atoms with Crippen LogP contribution in [0.5, 0.6) is 0 Å². The van der Waals surface area contributed by atoms with E-state index in [2.05, 4.69) is 0 Å². The van der Waals surface area contributed by atoms with Crippen molar-refractivity contribution in [3.05, 3.63) is 23.8 Å². The summed E-state index contributed by atoms with van der Waals surface area (Å²) in [5, 5.41) is 0.197. The molecule has 0 amide bonds. The second-order valence-corrected chi connectivity index (χ2v) is 8.52. The zero-order valence-electron chi connectivity index (χ0n) is 11.8. The minimum Gasteiger partial charge on any atom is -0.398 e. The van der Waals surface area contributed by atoms with E-state index in [0.29, 0.717) is 0 Å². The van der Waals surface area contributed by atoms with Crippen LogP contribution in [0.3, 0.4) is 0 Å². The Bertz CT molecular complexity index is 527. The van der Waals surface area contributed by atoms with E-state index in [1.54, 1.807) is 0 Å². The van der Waals surface area contributed by atoms with Crippen molar-refractivity contribution in [1.29, 1.82) is 0 Å². The summed E-state index contributed by atoms with van der Waals surface area (Å²) in [6, 6.07) is 5.72. The fourth-order valence-electron chi connectivity index (χ4n) is 3.06. The highest BCUT2D eigenvalue weighted by Crippen LogP contribution is 2.40. The lowest BCUT2D eigenvalue weighted by molar-refractivity contribution is -0.0567. The molecule has 3 rings (SSSR count). The summed E-state index contributed by atoms with van der Waals surface area (Å²) in [7, 11) is -0.983. The van der Waals surface area contributed by atoms with E-state index in [1.165, 1.54) is 0 Å². The number of nitrogens with two attached hydrogens (primary N) is 1. The third kappa shape index (κ3) is 2.63. The third-order valence-electron chi connectivity index (χ3n) is 4.36. The summed E-state index contributed by atoms with van der Waals surface area (Å²) >= 11 is 1.95. The highest BCUT2D eigenvalue weighted by molar-refractivity contribution is 7.99. The van der Waals surface area contributed by atoms with Gasteiger partial charge in [-0.25, -0.2) is 0 Å². The van der Waals surface area contributed by atoms with Gasteiger partial charge >= 0.3 is 0 Å². The Morgan fingerprint density at radius 2 is 2.35 bits per heavy atom. The first-order chi connectivity index (χ1) is 9.61. The average molecular weight is 311 g/mol. The van der Waals surface area contributed by atoms with Gasteiger partial charge in [-0.05, 0) is 49.6 Å². The Labute approximate surface area is 127 Å². The first-order valence-corrected chi connectivity index (χ1v) is 9.45. The Balaban J connectivity index is 1.81. The van der Waals surface area contributed by atoms with Gasteiger partial charge in [0, 0.05) is 28.2 Å². The van der Waals surface area contributed by atoms with Gasteiger partial charge in [-0.1, -0.05) is 6.07 Å². The van der Waals surface area contributed by atoms with E-state index in [-0.39, 0.29) is 10.9 Å². The molecule has 1 aromatic carbocycles. The van der Waals surface area contributed by atoms with Crippen LogP contribution in [-0.2, 0) is 15.5 Å². The maximum Gasteiger partial charge on any atom is 0.0791 e. The quantitative estimate of drug-likeness (QED) is 0.853.